The minimum Gasteiger partial charge on any atom is -0.495 e. The van der Waals surface area contributed by atoms with Crippen molar-refractivity contribution in [2.24, 2.45) is 0 Å². The fourth-order valence-corrected chi connectivity index (χ4v) is 2.48. The number of para-hydroxylation sites is 1. The van der Waals surface area contributed by atoms with E-state index >= 15 is 0 Å². The summed E-state index contributed by atoms with van der Waals surface area (Å²) in [6.07, 6.45) is 1.11. The minimum absolute atomic E-state index is 0.0949. The number of hydrogen-bond donors (Lipinski definition) is 1. The highest BCUT2D eigenvalue weighted by molar-refractivity contribution is 7.90. The van der Waals surface area contributed by atoms with Gasteiger partial charge in [0.25, 0.3) is 0 Å². The Balaban J connectivity index is 2.70. The molecule has 7 heteroatoms. The van der Waals surface area contributed by atoms with Crippen LogP contribution in [-0.4, -0.2) is 26.9 Å². The average molecular weight is 268 g/mol. The van der Waals surface area contributed by atoms with Crippen LogP contribution < -0.4 is 10.5 Å². The molecule has 0 aliphatic rings. The quantitative estimate of drug-likeness (QED) is 0.902. The second-order valence-electron chi connectivity index (χ2n) is 3.73. The largest absolute Gasteiger partial charge is 0.495 e. The van der Waals surface area contributed by atoms with Crippen LogP contribution in [0.1, 0.15) is 0 Å². The monoisotopic (exact) mass is 268 g/mol. The molecular weight excluding hydrogens is 256 g/mol. The van der Waals surface area contributed by atoms with Crippen LogP contribution >= 0.6 is 0 Å². The van der Waals surface area contributed by atoms with Gasteiger partial charge in [-0.05, 0) is 12.1 Å². The number of benzene rings is 1. The van der Waals surface area contributed by atoms with E-state index in [-0.39, 0.29) is 16.5 Å². The van der Waals surface area contributed by atoms with Gasteiger partial charge in [0.05, 0.1) is 12.7 Å². The summed E-state index contributed by atoms with van der Waals surface area (Å²) in [6.45, 7) is 0. The van der Waals surface area contributed by atoms with E-state index in [0.717, 1.165) is 6.26 Å². The SMILES string of the molecule is COc1c(-c2cc(N)no2)cccc1S(C)(=O)=O. The van der Waals surface area contributed by atoms with Crippen molar-refractivity contribution < 1.29 is 17.7 Å². The van der Waals surface area contributed by atoms with Crippen LogP contribution in [-0.2, 0) is 9.84 Å². The first kappa shape index (κ1) is 12.4. The molecule has 0 aliphatic heterocycles. The number of sulfone groups is 1. The third kappa shape index (κ3) is 2.17. The second kappa shape index (κ2) is 4.34. The molecule has 0 saturated carbocycles. The summed E-state index contributed by atoms with van der Waals surface area (Å²) in [5.74, 6) is 0.794. The van der Waals surface area contributed by atoms with Gasteiger partial charge in [-0.1, -0.05) is 11.2 Å². The van der Waals surface area contributed by atoms with Crippen LogP contribution in [0.15, 0.2) is 33.7 Å². The lowest BCUT2D eigenvalue weighted by Crippen LogP contribution is -2.01. The van der Waals surface area contributed by atoms with Gasteiger partial charge in [0.15, 0.2) is 21.4 Å². The molecule has 0 amide bonds. The Bertz CT molecular complexity index is 676. The second-order valence-corrected chi connectivity index (χ2v) is 5.71. The molecule has 0 aliphatic carbocycles. The van der Waals surface area contributed by atoms with Gasteiger partial charge >= 0.3 is 0 Å². The third-order valence-corrected chi connectivity index (χ3v) is 3.50. The highest BCUT2D eigenvalue weighted by Crippen LogP contribution is 2.35. The molecule has 0 spiro atoms. The van der Waals surface area contributed by atoms with Gasteiger partial charge in [-0.3, -0.25) is 0 Å². The van der Waals surface area contributed by atoms with E-state index in [0.29, 0.717) is 11.3 Å². The Morgan fingerprint density at radius 3 is 2.61 bits per heavy atom. The molecular formula is C11H12N2O4S. The van der Waals surface area contributed by atoms with Crippen LogP contribution in [0.25, 0.3) is 11.3 Å². The summed E-state index contributed by atoms with van der Waals surface area (Å²) >= 11 is 0. The number of rotatable bonds is 3. The normalized spacial score (nSPS) is 11.4. The smallest absolute Gasteiger partial charge is 0.179 e. The van der Waals surface area contributed by atoms with E-state index in [1.165, 1.54) is 19.2 Å². The lowest BCUT2D eigenvalue weighted by Gasteiger charge is -2.10. The molecule has 1 heterocycles. The molecule has 18 heavy (non-hydrogen) atoms. The minimum atomic E-state index is -3.39. The van der Waals surface area contributed by atoms with E-state index in [1.807, 2.05) is 0 Å². The lowest BCUT2D eigenvalue weighted by molar-refractivity contribution is 0.397. The number of aromatic nitrogens is 1. The van der Waals surface area contributed by atoms with Crippen molar-refractivity contribution in [2.75, 3.05) is 19.1 Å². The van der Waals surface area contributed by atoms with Crippen molar-refractivity contribution in [1.82, 2.24) is 5.16 Å². The van der Waals surface area contributed by atoms with Crippen molar-refractivity contribution in [3.05, 3.63) is 24.3 Å². The molecule has 0 unspecified atom stereocenters. The summed E-state index contributed by atoms with van der Waals surface area (Å²) < 4.78 is 33.5. The van der Waals surface area contributed by atoms with Gasteiger partial charge in [-0.25, -0.2) is 8.42 Å². The molecule has 2 N–H and O–H groups in total. The zero-order valence-corrected chi connectivity index (χ0v) is 10.7. The molecule has 6 nitrogen and oxygen atoms in total. The van der Waals surface area contributed by atoms with E-state index < -0.39 is 9.84 Å². The maximum Gasteiger partial charge on any atom is 0.179 e. The topological polar surface area (TPSA) is 95.4 Å². The molecule has 0 saturated heterocycles. The Morgan fingerprint density at radius 2 is 2.11 bits per heavy atom. The zero-order valence-electron chi connectivity index (χ0n) is 9.88. The van der Waals surface area contributed by atoms with Crippen LogP contribution in [0.5, 0.6) is 5.75 Å². The molecule has 1 aromatic carbocycles. The first-order valence-electron chi connectivity index (χ1n) is 5.03. The Labute approximate surface area is 104 Å². The van der Waals surface area contributed by atoms with E-state index in [1.54, 1.807) is 12.1 Å². The van der Waals surface area contributed by atoms with E-state index in [2.05, 4.69) is 5.16 Å². The van der Waals surface area contributed by atoms with Gasteiger partial charge in [-0.15, -0.1) is 0 Å². The van der Waals surface area contributed by atoms with Crippen molar-refractivity contribution >= 4 is 15.7 Å². The van der Waals surface area contributed by atoms with Crippen LogP contribution in [0, 0.1) is 0 Å². The van der Waals surface area contributed by atoms with Crippen LogP contribution in [0.2, 0.25) is 0 Å². The summed E-state index contributed by atoms with van der Waals surface area (Å²) in [4.78, 5) is 0.0949. The summed E-state index contributed by atoms with van der Waals surface area (Å²) in [7, 11) is -1.99. The summed E-state index contributed by atoms with van der Waals surface area (Å²) in [5, 5.41) is 3.56. The Kier molecular flexibility index (Phi) is 3.00. The van der Waals surface area contributed by atoms with Crippen molar-refractivity contribution in [3.8, 4) is 17.1 Å². The zero-order chi connectivity index (χ0) is 13.3. The highest BCUT2D eigenvalue weighted by atomic mass is 32.2. The Morgan fingerprint density at radius 1 is 1.39 bits per heavy atom. The van der Waals surface area contributed by atoms with Crippen LogP contribution in [0.3, 0.4) is 0 Å². The number of methoxy groups -OCH3 is 1. The molecule has 0 atom stereocenters. The fraction of sp³-hybridized carbons (Fsp3) is 0.182. The van der Waals surface area contributed by atoms with Crippen LogP contribution in [0.4, 0.5) is 5.82 Å². The van der Waals surface area contributed by atoms with Gasteiger partial charge in [0.1, 0.15) is 10.6 Å². The Hall–Kier alpha value is -2.02. The maximum atomic E-state index is 11.7. The van der Waals surface area contributed by atoms with Gasteiger partial charge in [0.2, 0.25) is 0 Å². The first-order valence-corrected chi connectivity index (χ1v) is 6.92. The predicted octanol–water partition coefficient (Wildman–Crippen LogP) is 1.34. The number of nitrogens with zero attached hydrogens (tertiary/aromatic N) is 1. The fourth-order valence-electron chi connectivity index (χ4n) is 1.63. The van der Waals surface area contributed by atoms with Gasteiger partial charge in [-0.2, -0.15) is 0 Å². The number of hydrogen-bond acceptors (Lipinski definition) is 6. The lowest BCUT2D eigenvalue weighted by atomic mass is 10.1. The molecule has 0 bridgehead atoms. The molecule has 96 valence electrons. The number of ether oxygens (including phenoxy) is 1. The molecule has 0 radical (unpaired) electrons. The number of nitrogen functional groups attached to an aromatic ring is 1. The van der Waals surface area contributed by atoms with Crippen molar-refractivity contribution in [1.29, 1.82) is 0 Å². The molecule has 2 rings (SSSR count). The van der Waals surface area contributed by atoms with Gasteiger partial charge in [0, 0.05) is 12.3 Å². The average Bonchev–Trinajstić information content (AvgIpc) is 2.73. The molecule has 2 aromatic rings. The van der Waals surface area contributed by atoms with Crippen molar-refractivity contribution in [3.63, 3.8) is 0 Å². The van der Waals surface area contributed by atoms with Crippen molar-refractivity contribution in [2.45, 2.75) is 4.90 Å². The molecule has 1 aromatic heterocycles. The summed E-state index contributed by atoms with van der Waals surface area (Å²) in [5.41, 5.74) is 5.96. The predicted molar refractivity (Wildman–Crippen MR) is 66.0 cm³/mol. The standard InChI is InChI=1S/C11H12N2O4S/c1-16-11-7(8-6-10(12)13-17-8)4-3-5-9(11)18(2,14)15/h3-6H,1-2H3,(H2,12,13). The van der Waals surface area contributed by atoms with Gasteiger partial charge < -0.3 is 15.0 Å². The third-order valence-electron chi connectivity index (χ3n) is 2.38. The first-order chi connectivity index (χ1) is 8.43. The number of nitrogens with two attached hydrogens (primary N) is 1. The summed E-state index contributed by atoms with van der Waals surface area (Å²) in [6, 6.07) is 6.25. The molecule has 0 fully saturated rings. The van der Waals surface area contributed by atoms with E-state index in [9.17, 15) is 8.42 Å². The highest BCUT2D eigenvalue weighted by Gasteiger charge is 2.20. The van der Waals surface area contributed by atoms with E-state index in [4.69, 9.17) is 15.0 Å². The maximum absolute atomic E-state index is 11.7. The number of anilines is 1.